The predicted molar refractivity (Wildman–Crippen MR) is 59.1 cm³/mol. The van der Waals surface area contributed by atoms with E-state index in [2.05, 4.69) is 5.32 Å². The van der Waals surface area contributed by atoms with E-state index >= 15 is 0 Å². The molecule has 1 heterocycles. The molecule has 0 saturated carbocycles. The number of amides is 1. The van der Waals surface area contributed by atoms with Crippen LogP contribution in [0.5, 0.6) is 0 Å². The van der Waals surface area contributed by atoms with E-state index in [0.717, 1.165) is 5.56 Å². The lowest BCUT2D eigenvalue weighted by Gasteiger charge is -2.18. The molecule has 1 aliphatic rings. The van der Waals surface area contributed by atoms with Crippen molar-refractivity contribution < 1.29 is 19.1 Å². The monoisotopic (exact) mass is 235 g/mol. The Kier molecular flexibility index (Phi) is 2.99. The molecule has 2 rings (SSSR count). The van der Waals surface area contributed by atoms with Gasteiger partial charge in [-0.2, -0.15) is 0 Å². The van der Waals surface area contributed by atoms with Crippen molar-refractivity contribution >= 4 is 12.1 Å². The summed E-state index contributed by atoms with van der Waals surface area (Å²) in [6, 6.07) is 9.34. The van der Waals surface area contributed by atoms with Gasteiger partial charge in [-0.15, -0.1) is 0 Å². The zero-order chi connectivity index (χ0) is 12.3. The highest BCUT2D eigenvalue weighted by atomic mass is 16.6. The van der Waals surface area contributed by atoms with Crippen molar-refractivity contribution in [2.24, 2.45) is 0 Å². The number of carbonyl (C=O) groups is 2. The second kappa shape index (κ2) is 4.45. The summed E-state index contributed by atoms with van der Waals surface area (Å²) in [4.78, 5) is 22.7. The molecule has 1 N–H and O–H groups in total. The second-order valence-corrected chi connectivity index (χ2v) is 4.09. The maximum absolute atomic E-state index is 11.8. The van der Waals surface area contributed by atoms with E-state index < -0.39 is 17.6 Å². The Morgan fingerprint density at radius 3 is 2.76 bits per heavy atom. The van der Waals surface area contributed by atoms with Gasteiger partial charge < -0.3 is 14.8 Å². The van der Waals surface area contributed by atoms with Gasteiger partial charge in [-0.3, -0.25) is 0 Å². The maximum Gasteiger partial charge on any atom is 0.408 e. The molecule has 1 atom stereocenters. The van der Waals surface area contributed by atoms with Crippen molar-refractivity contribution in [1.29, 1.82) is 0 Å². The molecule has 5 heteroatoms. The van der Waals surface area contributed by atoms with E-state index in [1.165, 1.54) is 0 Å². The van der Waals surface area contributed by atoms with Crippen LogP contribution in [0, 0.1) is 0 Å². The molecule has 17 heavy (non-hydrogen) atoms. The van der Waals surface area contributed by atoms with Crippen LogP contribution in [0.25, 0.3) is 0 Å². The predicted octanol–water partition coefficient (Wildman–Crippen LogP) is 1.23. The standard InChI is InChI=1S/C12H13NO4/c1-12(8-17-11(15)13-12)10(14)16-7-9-5-3-2-4-6-9/h2-6H,7-8H2,1H3,(H,13,15)/t12-/m1/s1. The Morgan fingerprint density at radius 1 is 1.47 bits per heavy atom. The topological polar surface area (TPSA) is 64.6 Å². The van der Waals surface area contributed by atoms with Crippen LogP contribution in [0.3, 0.4) is 0 Å². The van der Waals surface area contributed by atoms with Crippen LogP contribution < -0.4 is 5.32 Å². The molecule has 1 fully saturated rings. The summed E-state index contributed by atoms with van der Waals surface area (Å²) in [6.07, 6.45) is -0.593. The third-order valence-corrected chi connectivity index (χ3v) is 2.53. The first-order valence-electron chi connectivity index (χ1n) is 5.26. The van der Waals surface area contributed by atoms with Gasteiger partial charge in [0.25, 0.3) is 0 Å². The van der Waals surface area contributed by atoms with Crippen LogP contribution in [-0.4, -0.2) is 24.2 Å². The summed E-state index contributed by atoms with van der Waals surface area (Å²) in [5, 5.41) is 2.43. The summed E-state index contributed by atoms with van der Waals surface area (Å²) in [5.74, 6) is -0.493. The van der Waals surface area contributed by atoms with Crippen LogP contribution >= 0.6 is 0 Å². The third kappa shape index (κ3) is 2.55. The number of esters is 1. The highest BCUT2D eigenvalue weighted by molar-refractivity contribution is 5.88. The molecule has 1 amide bonds. The van der Waals surface area contributed by atoms with Gasteiger partial charge in [-0.1, -0.05) is 30.3 Å². The molecule has 1 aliphatic heterocycles. The van der Waals surface area contributed by atoms with Crippen molar-refractivity contribution in [2.45, 2.75) is 19.1 Å². The van der Waals surface area contributed by atoms with E-state index in [1.807, 2.05) is 30.3 Å². The van der Waals surface area contributed by atoms with Crippen molar-refractivity contribution in [3.63, 3.8) is 0 Å². The fourth-order valence-corrected chi connectivity index (χ4v) is 1.50. The van der Waals surface area contributed by atoms with Crippen LogP contribution in [-0.2, 0) is 20.9 Å². The van der Waals surface area contributed by atoms with Gasteiger partial charge in [0.2, 0.25) is 0 Å². The Morgan fingerprint density at radius 2 is 2.18 bits per heavy atom. The molecule has 1 aromatic carbocycles. The van der Waals surface area contributed by atoms with E-state index in [9.17, 15) is 9.59 Å². The summed E-state index contributed by atoms with van der Waals surface area (Å²) in [7, 11) is 0. The molecular weight excluding hydrogens is 222 g/mol. The van der Waals surface area contributed by atoms with E-state index in [-0.39, 0.29) is 13.2 Å². The summed E-state index contributed by atoms with van der Waals surface area (Å²) >= 11 is 0. The molecule has 90 valence electrons. The summed E-state index contributed by atoms with van der Waals surface area (Å²) in [6.45, 7) is 1.76. The van der Waals surface area contributed by atoms with Crippen molar-refractivity contribution in [1.82, 2.24) is 5.32 Å². The first-order valence-corrected chi connectivity index (χ1v) is 5.26. The van der Waals surface area contributed by atoms with Crippen molar-refractivity contribution in [3.05, 3.63) is 35.9 Å². The molecule has 0 aromatic heterocycles. The number of carbonyl (C=O) groups excluding carboxylic acids is 2. The van der Waals surface area contributed by atoms with Gasteiger partial charge in [-0.25, -0.2) is 9.59 Å². The van der Waals surface area contributed by atoms with Crippen molar-refractivity contribution in [2.75, 3.05) is 6.61 Å². The van der Waals surface area contributed by atoms with Crippen molar-refractivity contribution in [3.8, 4) is 0 Å². The van der Waals surface area contributed by atoms with E-state index in [1.54, 1.807) is 6.92 Å². The van der Waals surface area contributed by atoms with Gasteiger partial charge in [-0.05, 0) is 12.5 Å². The molecule has 0 unspecified atom stereocenters. The first-order chi connectivity index (χ1) is 8.10. The minimum atomic E-state index is -1.08. The molecule has 1 saturated heterocycles. The lowest BCUT2D eigenvalue weighted by Crippen LogP contribution is -2.48. The Labute approximate surface area is 98.7 Å². The summed E-state index contributed by atoms with van der Waals surface area (Å²) in [5.41, 5.74) is -0.180. The van der Waals surface area contributed by atoms with Gasteiger partial charge in [0, 0.05) is 0 Å². The first kappa shape index (κ1) is 11.4. The lowest BCUT2D eigenvalue weighted by molar-refractivity contribution is -0.151. The van der Waals surface area contributed by atoms with E-state index in [0.29, 0.717) is 0 Å². The largest absolute Gasteiger partial charge is 0.459 e. The number of alkyl carbamates (subject to hydrolysis) is 1. The van der Waals surface area contributed by atoms with Crippen LogP contribution in [0.2, 0.25) is 0 Å². The quantitative estimate of drug-likeness (QED) is 0.800. The van der Waals surface area contributed by atoms with Gasteiger partial charge in [0.15, 0.2) is 5.54 Å². The number of hydrogen-bond acceptors (Lipinski definition) is 4. The van der Waals surface area contributed by atoms with Gasteiger partial charge in [0.1, 0.15) is 13.2 Å². The number of hydrogen-bond donors (Lipinski definition) is 1. The van der Waals surface area contributed by atoms with Crippen LogP contribution in [0.1, 0.15) is 12.5 Å². The third-order valence-electron chi connectivity index (χ3n) is 2.53. The van der Waals surface area contributed by atoms with E-state index in [4.69, 9.17) is 9.47 Å². The molecular formula is C12H13NO4. The number of nitrogens with one attached hydrogen (secondary N) is 1. The number of cyclic esters (lactones) is 1. The minimum absolute atomic E-state index is 0.000539. The Hall–Kier alpha value is -2.04. The molecule has 0 radical (unpaired) electrons. The molecule has 0 spiro atoms. The number of rotatable bonds is 3. The number of ether oxygens (including phenoxy) is 2. The number of benzene rings is 1. The average Bonchev–Trinajstić information content (AvgIpc) is 2.69. The normalized spacial score (nSPS) is 22.8. The highest BCUT2D eigenvalue weighted by Crippen LogP contribution is 2.15. The molecule has 5 nitrogen and oxygen atoms in total. The van der Waals surface area contributed by atoms with Crippen LogP contribution in [0.15, 0.2) is 30.3 Å². The minimum Gasteiger partial charge on any atom is -0.459 e. The van der Waals surface area contributed by atoms with Crippen LogP contribution in [0.4, 0.5) is 4.79 Å². The average molecular weight is 235 g/mol. The maximum atomic E-state index is 11.8. The molecule has 0 aliphatic carbocycles. The smallest absolute Gasteiger partial charge is 0.408 e. The second-order valence-electron chi connectivity index (χ2n) is 4.09. The molecule has 0 bridgehead atoms. The fraction of sp³-hybridized carbons (Fsp3) is 0.333. The fourth-order valence-electron chi connectivity index (χ4n) is 1.50. The zero-order valence-electron chi connectivity index (χ0n) is 9.43. The highest BCUT2D eigenvalue weighted by Gasteiger charge is 2.43. The molecule has 1 aromatic rings. The van der Waals surface area contributed by atoms with Gasteiger partial charge in [0.05, 0.1) is 0 Å². The lowest BCUT2D eigenvalue weighted by atomic mass is 10.1. The Bertz CT molecular complexity index is 431. The Balaban J connectivity index is 1.92. The summed E-state index contributed by atoms with van der Waals surface area (Å²) < 4.78 is 9.82. The SMILES string of the molecule is C[C@]1(C(=O)OCc2ccccc2)COC(=O)N1. The van der Waals surface area contributed by atoms with Gasteiger partial charge >= 0.3 is 12.1 Å². The zero-order valence-corrected chi connectivity index (χ0v) is 9.43.